The van der Waals surface area contributed by atoms with Crippen LogP contribution in [0.15, 0.2) is 60.7 Å². The summed E-state index contributed by atoms with van der Waals surface area (Å²) in [6.45, 7) is 4.70. The number of nitrogens with zero attached hydrogens (tertiary/aromatic N) is 1. The lowest BCUT2D eigenvalue weighted by molar-refractivity contribution is 0.410. The van der Waals surface area contributed by atoms with Gasteiger partial charge in [-0.05, 0) is 36.7 Å². The van der Waals surface area contributed by atoms with E-state index in [1.807, 2.05) is 6.07 Å². The quantitative estimate of drug-likeness (QED) is 0.820. The van der Waals surface area contributed by atoms with Crippen molar-refractivity contribution < 1.29 is 0 Å². The molecule has 0 radical (unpaired) electrons. The molecular weight excluding hydrogens is 276 g/mol. The van der Waals surface area contributed by atoms with Crippen LogP contribution in [0, 0.1) is 0 Å². The zero-order valence-corrected chi connectivity index (χ0v) is 13.3. The molecule has 2 aromatic rings. The van der Waals surface area contributed by atoms with Crippen molar-refractivity contribution in [3.05, 3.63) is 71.8 Å². The Kier molecular flexibility index (Phi) is 6.22. The first-order valence-electron chi connectivity index (χ1n) is 7.40. The van der Waals surface area contributed by atoms with Crippen molar-refractivity contribution >= 4 is 17.3 Å². The maximum Gasteiger partial charge on any atom is 0.169 e. The molecular formula is C18H22N2S. The van der Waals surface area contributed by atoms with Gasteiger partial charge in [-0.3, -0.25) is 0 Å². The molecule has 1 N–H and O–H groups in total. The Bertz CT molecular complexity index is 540. The highest BCUT2D eigenvalue weighted by molar-refractivity contribution is 7.80. The van der Waals surface area contributed by atoms with E-state index >= 15 is 0 Å². The highest BCUT2D eigenvalue weighted by Gasteiger charge is 2.09. The smallest absolute Gasteiger partial charge is 0.169 e. The van der Waals surface area contributed by atoms with E-state index in [-0.39, 0.29) is 0 Å². The molecule has 0 atom stereocenters. The molecule has 3 heteroatoms. The number of hydrogen-bond acceptors (Lipinski definition) is 1. The van der Waals surface area contributed by atoms with Gasteiger partial charge in [0.2, 0.25) is 0 Å². The predicted octanol–water partition coefficient (Wildman–Crippen LogP) is 3.63. The lowest BCUT2D eigenvalue weighted by Crippen LogP contribution is -2.40. The fraction of sp³-hybridized carbons (Fsp3) is 0.278. The number of hydrogen-bond donors (Lipinski definition) is 1. The maximum absolute atomic E-state index is 5.50. The second-order valence-corrected chi connectivity index (χ2v) is 5.36. The molecule has 2 aromatic carbocycles. The molecule has 0 unspecified atom stereocenters. The third-order valence-electron chi connectivity index (χ3n) is 3.34. The van der Waals surface area contributed by atoms with Crippen molar-refractivity contribution in [2.75, 3.05) is 13.1 Å². The van der Waals surface area contributed by atoms with Crippen molar-refractivity contribution in [1.82, 2.24) is 10.2 Å². The van der Waals surface area contributed by atoms with Gasteiger partial charge in [0.1, 0.15) is 0 Å². The highest BCUT2D eigenvalue weighted by atomic mass is 32.1. The van der Waals surface area contributed by atoms with Gasteiger partial charge in [0, 0.05) is 19.6 Å². The van der Waals surface area contributed by atoms with E-state index < -0.39 is 0 Å². The third-order valence-corrected chi connectivity index (χ3v) is 3.75. The summed E-state index contributed by atoms with van der Waals surface area (Å²) < 4.78 is 0. The summed E-state index contributed by atoms with van der Waals surface area (Å²) in [5.74, 6) is 0. The van der Waals surface area contributed by atoms with Gasteiger partial charge in [0.15, 0.2) is 5.11 Å². The summed E-state index contributed by atoms with van der Waals surface area (Å²) in [7, 11) is 0. The zero-order valence-electron chi connectivity index (χ0n) is 12.5. The second-order valence-electron chi connectivity index (χ2n) is 4.98. The van der Waals surface area contributed by atoms with Crippen molar-refractivity contribution in [3.8, 4) is 0 Å². The topological polar surface area (TPSA) is 15.3 Å². The van der Waals surface area contributed by atoms with E-state index in [0.29, 0.717) is 0 Å². The maximum atomic E-state index is 5.50. The summed E-state index contributed by atoms with van der Waals surface area (Å²) in [5.41, 5.74) is 2.63. The van der Waals surface area contributed by atoms with Crippen LogP contribution in [0.25, 0.3) is 0 Å². The molecule has 0 spiro atoms. The summed E-state index contributed by atoms with van der Waals surface area (Å²) >= 11 is 5.50. The van der Waals surface area contributed by atoms with Crippen molar-refractivity contribution in [2.45, 2.75) is 19.9 Å². The molecule has 0 aliphatic carbocycles. The number of nitrogens with one attached hydrogen (secondary N) is 1. The lowest BCUT2D eigenvalue weighted by atomic mass is 10.1. The van der Waals surface area contributed by atoms with E-state index in [4.69, 9.17) is 12.2 Å². The van der Waals surface area contributed by atoms with Crippen LogP contribution in [0.5, 0.6) is 0 Å². The summed E-state index contributed by atoms with van der Waals surface area (Å²) in [6, 6.07) is 21.0. The van der Waals surface area contributed by atoms with Crippen LogP contribution in [-0.4, -0.2) is 23.1 Å². The van der Waals surface area contributed by atoms with Crippen molar-refractivity contribution in [2.24, 2.45) is 0 Å². The van der Waals surface area contributed by atoms with Crippen molar-refractivity contribution in [1.29, 1.82) is 0 Å². The predicted molar refractivity (Wildman–Crippen MR) is 93.3 cm³/mol. The van der Waals surface area contributed by atoms with E-state index in [1.165, 1.54) is 11.1 Å². The fourth-order valence-electron chi connectivity index (χ4n) is 2.23. The minimum absolute atomic E-state index is 0.831. The minimum Gasteiger partial charge on any atom is -0.363 e. The lowest BCUT2D eigenvalue weighted by Gasteiger charge is -2.26. The van der Waals surface area contributed by atoms with Gasteiger partial charge in [-0.2, -0.15) is 0 Å². The number of rotatable bonds is 6. The van der Waals surface area contributed by atoms with E-state index in [0.717, 1.165) is 31.2 Å². The average Bonchev–Trinajstić information content (AvgIpc) is 2.53. The van der Waals surface area contributed by atoms with Gasteiger partial charge >= 0.3 is 0 Å². The molecule has 110 valence electrons. The van der Waals surface area contributed by atoms with Gasteiger partial charge in [0.05, 0.1) is 0 Å². The SMILES string of the molecule is CCNC(=S)N(CCc1ccccc1)Cc1ccccc1. The molecule has 0 aliphatic heterocycles. The van der Waals surface area contributed by atoms with Crippen LogP contribution in [0.4, 0.5) is 0 Å². The molecule has 0 aliphatic rings. The summed E-state index contributed by atoms with van der Waals surface area (Å²) in [6.07, 6.45) is 0.999. The van der Waals surface area contributed by atoms with Crippen LogP contribution in [0.3, 0.4) is 0 Å². The van der Waals surface area contributed by atoms with Gasteiger partial charge < -0.3 is 10.2 Å². The number of benzene rings is 2. The molecule has 0 heterocycles. The van der Waals surface area contributed by atoms with Crippen LogP contribution < -0.4 is 5.32 Å². The van der Waals surface area contributed by atoms with Crippen LogP contribution in [-0.2, 0) is 13.0 Å². The second kappa shape index (κ2) is 8.42. The Balaban J connectivity index is 2.00. The Morgan fingerprint density at radius 1 is 0.952 bits per heavy atom. The van der Waals surface area contributed by atoms with Crippen LogP contribution >= 0.6 is 12.2 Å². The molecule has 0 amide bonds. The molecule has 0 fully saturated rings. The number of thiocarbonyl (C=S) groups is 1. The van der Waals surface area contributed by atoms with Gasteiger partial charge in [0.25, 0.3) is 0 Å². The average molecular weight is 298 g/mol. The van der Waals surface area contributed by atoms with E-state index in [1.54, 1.807) is 0 Å². The largest absolute Gasteiger partial charge is 0.363 e. The Morgan fingerprint density at radius 3 is 2.10 bits per heavy atom. The molecule has 2 rings (SSSR count). The van der Waals surface area contributed by atoms with Gasteiger partial charge in [-0.1, -0.05) is 60.7 Å². The highest BCUT2D eigenvalue weighted by Crippen LogP contribution is 2.07. The van der Waals surface area contributed by atoms with E-state index in [2.05, 4.69) is 71.7 Å². The minimum atomic E-state index is 0.831. The molecule has 2 nitrogen and oxygen atoms in total. The van der Waals surface area contributed by atoms with Gasteiger partial charge in [-0.15, -0.1) is 0 Å². The normalized spacial score (nSPS) is 10.1. The molecule has 21 heavy (non-hydrogen) atoms. The van der Waals surface area contributed by atoms with Crippen LogP contribution in [0.1, 0.15) is 18.1 Å². The van der Waals surface area contributed by atoms with Crippen molar-refractivity contribution in [3.63, 3.8) is 0 Å². The fourth-order valence-corrected chi connectivity index (χ4v) is 2.53. The molecule has 0 saturated carbocycles. The first kappa shape index (κ1) is 15.5. The molecule has 0 saturated heterocycles. The summed E-state index contributed by atoms with van der Waals surface area (Å²) in [4.78, 5) is 2.24. The Hall–Kier alpha value is -1.87. The Labute approximate surface area is 132 Å². The van der Waals surface area contributed by atoms with Gasteiger partial charge in [-0.25, -0.2) is 0 Å². The first-order chi connectivity index (χ1) is 10.3. The standard InChI is InChI=1S/C18H22N2S/c1-2-19-18(21)20(15-17-11-7-4-8-12-17)14-13-16-9-5-3-6-10-16/h3-12H,2,13-15H2,1H3,(H,19,21). The van der Waals surface area contributed by atoms with E-state index in [9.17, 15) is 0 Å². The van der Waals surface area contributed by atoms with Crippen LogP contribution in [0.2, 0.25) is 0 Å². The molecule has 0 aromatic heterocycles. The summed E-state index contributed by atoms with van der Waals surface area (Å²) in [5, 5.41) is 4.09. The zero-order chi connectivity index (χ0) is 14.9. The Morgan fingerprint density at radius 2 is 1.52 bits per heavy atom. The molecule has 0 bridgehead atoms. The third kappa shape index (κ3) is 5.20. The first-order valence-corrected chi connectivity index (χ1v) is 7.81. The monoisotopic (exact) mass is 298 g/mol.